The smallest absolute Gasteiger partial charge is 0.276 e. The van der Waals surface area contributed by atoms with E-state index in [0.717, 1.165) is 0 Å². The van der Waals surface area contributed by atoms with Gasteiger partial charge in [0.1, 0.15) is 0 Å². The van der Waals surface area contributed by atoms with Crippen molar-refractivity contribution in [2.24, 2.45) is 0 Å². The third kappa shape index (κ3) is 4.10. The molecule has 0 aliphatic heterocycles. The van der Waals surface area contributed by atoms with E-state index >= 15 is 0 Å². The number of nitrogens with zero attached hydrogens (tertiary/aromatic N) is 1. The Morgan fingerprint density at radius 2 is 1.74 bits per heavy atom. The maximum Gasteiger partial charge on any atom is 0.276 e. The van der Waals surface area contributed by atoms with Crippen LogP contribution in [-0.2, 0) is 4.79 Å². The molecular weight excluding hydrogens is 296 g/mol. The molecule has 1 N–H and O–H groups in total. The Bertz CT molecular complexity index is 797. The van der Waals surface area contributed by atoms with Crippen LogP contribution >= 0.6 is 0 Å². The number of carbonyl (C=O) groups is 2. The summed E-state index contributed by atoms with van der Waals surface area (Å²) in [6, 6.07) is 12.8. The zero-order valence-corrected chi connectivity index (χ0v) is 12.4. The van der Waals surface area contributed by atoms with Gasteiger partial charge in [-0.15, -0.1) is 0 Å². The fourth-order valence-corrected chi connectivity index (χ4v) is 2.03. The van der Waals surface area contributed by atoms with Gasteiger partial charge in [0, 0.05) is 17.7 Å². The normalized spacial score (nSPS) is 10.5. The first-order valence-electron chi connectivity index (χ1n) is 6.81. The van der Waals surface area contributed by atoms with Crippen molar-refractivity contribution in [3.05, 3.63) is 75.8 Å². The lowest BCUT2D eigenvalue weighted by atomic mass is 10.1. The highest BCUT2D eigenvalue weighted by atomic mass is 16.6. The van der Waals surface area contributed by atoms with E-state index in [-0.39, 0.29) is 11.5 Å². The topological polar surface area (TPSA) is 89.3 Å². The second-order valence-electron chi connectivity index (χ2n) is 4.74. The second-order valence-corrected chi connectivity index (χ2v) is 4.74. The van der Waals surface area contributed by atoms with E-state index in [1.807, 2.05) is 0 Å². The summed E-state index contributed by atoms with van der Waals surface area (Å²) < 4.78 is 0. The van der Waals surface area contributed by atoms with Gasteiger partial charge in [0.2, 0.25) is 5.91 Å². The van der Waals surface area contributed by atoms with Gasteiger partial charge >= 0.3 is 0 Å². The number of amides is 1. The number of nitro benzene ring substituents is 1. The number of nitrogens with one attached hydrogen (secondary N) is 1. The lowest BCUT2D eigenvalue weighted by molar-refractivity contribution is -0.385. The molecule has 0 heterocycles. The van der Waals surface area contributed by atoms with Crippen LogP contribution in [0.1, 0.15) is 22.8 Å². The molecule has 0 aromatic heterocycles. The Morgan fingerprint density at radius 1 is 1.09 bits per heavy atom. The molecule has 0 aliphatic carbocycles. The third-order valence-corrected chi connectivity index (χ3v) is 3.11. The van der Waals surface area contributed by atoms with E-state index in [4.69, 9.17) is 0 Å². The van der Waals surface area contributed by atoms with Crippen LogP contribution in [0.5, 0.6) is 0 Å². The fourth-order valence-electron chi connectivity index (χ4n) is 2.03. The average molecular weight is 310 g/mol. The predicted octanol–water partition coefficient (Wildman–Crippen LogP) is 3.45. The van der Waals surface area contributed by atoms with E-state index in [2.05, 4.69) is 5.32 Å². The number of anilines is 1. The zero-order chi connectivity index (χ0) is 16.8. The summed E-state index contributed by atoms with van der Waals surface area (Å²) >= 11 is 0. The summed E-state index contributed by atoms with van der Waals surface area (Å²) in [5.41, 5.74) is 1.05. The first-order valence-corrected chi connectivity index (χ1v) is 6.81. The minimum Gasteiger partial charge on any atom is -0.322 e. The Morgan fingerprint density at radius 3 is 2.43 bits per heavy atom. The van der Waals surface area contributed by atoms with Gasteiger partial charge in [0.15, 0.2) is 5.78 Å². The number of para-hydroxylation sites is 2. The predicted molar refractivity (Wildman–Crippen MR) is 87.2 cm³/mol. The minimum atomic E-state index is -0.511. The number of hydrogen-bond acceptors (Lipinski definition) is 4. The molecule has 1 amide bonds. The largest absolute Gasteiger partial charge is 0.322 e. The van der Waals surface area contributed by atoms with Crippen molar-refractivity contribution in [1.29, 1.82) is 0 Å². The standard InChI is InChI=1S/C17H14N2O4/c1-12(20)14-7-3-4-8-15(14)18-17(21)11-10-13-6-2-5-9-16(13)19(22)23/h2-11H,1H3,(H,18,21). The Kier molecular flexibility index (Phi) is 4.99. The fraction of sp³-hybridized carbons (Fsp3) is 0.0588. The lowest BCUT2D eigenvalue weighted by Crippen LogP contribution is -2.11. The van der Waals surface area contributed by atoms with Crippen LogP contribution in [0, 0.1) is 10.1 Å². The molecule has 0 spiro atoms. The van der Waals surface area contributed by atoms with E-state index in [9.17, 15) is 19.7 Å². The summed E-state index contributed by atoms with van der Waals surface area (Å²) in [4.78, 5) is 33.9. The zero-order valence-electron chi connectivity index (χ0n) is 12.4. The highest BCUT2D eigenvalue weighted by Gasteiger charge is 2.11. The van der Waals surface area contributed by atoms with Crippen LogP contribution in [0.15, 0.2) is 54.6 Å². The maximum absolute atomic E-state index is 12.0. The number of rotatable bonds is 5. The molecule has 6 nitrogen and oxygen atoms in total. The van der Waals surface area contributed by atoms with Gasteiger partial charge < -0.3 is 5.32 Å². The van der Waals surface area contributed by atoms with Gasteiger partial charge in [0.05, 0.1) is 16.2 Å². The SMILES string of the molecule is CC(=O)c1ccccc1NC(=O)C=Cc1ccccc1[N+](=O)[O-]. The van der Waals surface area contributed by atoms with Crippen molar-refractivity contribution in [2.45, 2.75) is 6.92 Å². The highest BCUT2D eigenvalue weighted by Crippen LogP contribution is 2.19. The summed E-state index contributed by atoms with van der Waals surface area (Å²) in [5, 5.41) is 13.5. The van der Waals surface area contributed by atoms with Crippen molar-refractivity contribution in [3.63, 3.8) is 0 Å². The number of carbonyl (C=O) groups excluding carboxylic acids is 2. The van der Waals surface area contributed by atoms with Crippen LogP contribution < -0.4 is 5.32 Å². The molecule has 0 bridgehead atoms. The lowest BCUT2D eigenvalue weighted by Gasteiger charge is -2.06. The molecule has 0 fully saturated rings. The first-order chi connectivity index (χ1) is 11.0. The molecular formula is C17H14N2O4. The minimum absolute atomic E-state index is 0.0827. The molecule has 0 saturated carbocycles. The highest BCUT2D eigenvalue weighted by molar-refractivity contribution is 6.07. The van der Waals surface area contributed by atoms with E-state index in [0.29, 0.717) is 16.8 Å². The monoisotopic (exact) mass is 310 g/mol. The first kappa shape index (κ1) is 16.1. The summed E-state index contributed by atoms with van der Waals surface area (Å²) in [6.07, 6.45) is 2.56. The van der Waals surface area contributed by atoms with Crippen LogP contribution in [0.4, 0.5) is 11.4 Å². The van der Waals surface area contributed by atoms with Gasteiger partial charge in [-0.2, -0.15) is 0 Å². The van der Waals surface area contributed by atoms with Crippen molar-refractivity contribution in [3.8, 4) is 0 Å². The van der Waals surface area contributed by atoms with Crippen LogP contribution in [0.3, 0.4) is 0 Å². The van der Waals surface area contributed by atoms with Crippen molar-refractivity contribution >= 4 is 29.1 Å². The second kappa shape index (κ2) is 7.13. The van der Waals surface area contributed by atoms with Crippen LogP contribution in [-0.4, -0.2) is 16.6 Å². The van der Waals surface area contributed by atoms with Gasteiger partial charge in [-0.25, -0.2) is 0 Å². The number of Topliss-reactive ketones (excluding diaryl/α,β-unsaturated/α-hetero) is 1. The molecule has 0 aliphatic rings. The molecule has 23 heavy (non-hydrogen) atoms. The van der Waals surface area contributed by atoms with Crippen molar-refractivity contribution < 1.29 is 14.5 Å². The van der Waals surface area contributed by atoms with Gasteiger partial charge in [-0.1, -0.05) is 24.3 Å². The Balaban J connectivity index is 2.18. The number of ketones is 1. The van der Waals surface area contributed by atoms with Gasteiger partial charge in [-0.3, -0.25) is 19.7 Å². The third-order valence-electron chi connectivity index (χ3n) is 3.11. The average Bonchev–Trinajstić information content (AvgIpc) is 2.53. The summed E-state index contributed by atoms with van der Waals surface area (Å²) in [7, 11) is 0. The number of nitro groups is 1. The number of benzene rings is 2. The molecule has 2 aromatic carbocycles. The molecule has 116 valence electrons. The Labute approximate surface area is 132 Å². The maximum atomic E-state index is 12.0. The van der Waals surface area contributed by atoms with E-state index in [1.165, 1.54) is 25.1 Å². The molecule has 2 aromatic rings. The van der Waals surface area contributed by atoms with Gasteiger partial charge in [-0.05, 0) is 31.2 Å². The van der Waals surface area contributed by atoms with Crippen LogP contribution in [0.25, 0.3) is 6.08 Å². The molecule has 0 saturated heterocycles. The summed E-state index contributed by atoms with van der Waals surface area (Å²) in [5.74, 6) is -0.638. The van der Waals surface area contributed by atoms with E-state index < -0.39 is 10.8 Å². The molecule has 6 heteroatoms. The van der Waals surface area contributed by atoms with E-state index in [1.54, 1.807) is 42.5 Å². The molecule has 2 rings (SSSR count). The Hall–Kier alpha value is -3.28. The van der Waals surface area contributed by atoms with Crippen molar-refractivity contribution in [2.75, 3.05) is 5.32 Å². The van der Waals surface area contributed by atoms with Gasteiger partial charge in [0.25, 0.3) is 5.69 Å². The van der Waals surface area contributed by atoms with Crippen molar-refractivity contribution in [1.82, 2.24) is 0 Å². The molecule has 0 radical (unpaired) electrons. The quantitative estimate of drug-likeness (QED) is 0.396. The molecule has 0 atom stereocenters. The molecule has 0 unspecified atom stereocenters. The number of hydrogen-bond donors (Lipinski definition) is 1. The van der Waals surface area contributed by atoms with Crippen LogP contribution in [0.2, 0.25) is 0 Å². The summed E-state index contributed by atoms with van der Waals surface area (Å²) in [6.45, 7) is 1.41.